The monoisotopic (exact) mass is 312 g/mol. The molecule has 3 N–H and O–H groups in total. The summed E-state index contributed by atoms with van der Waals surface area (Å²) in [7, 11) is 0. The SMILES string of the molecule is Cc1cc(Cl)c(Nc2nc(N)ccc2[N+](=O)[O-])cc1Cl. The van der Waals surface area contributed by atoms with Crippen LogP contribution in [0.15, 0.2) is 24.3 Å². The quantitative estimate of drug-likeness (QED) is 0.661. The van der Waals surface area contributed by atoms with Gasteiger partial charge in [0, 0.05) is 11.1 Å². The molecule has 1 heterocycles. The number of hydrogen-bond acceptors (Lipinski definition) is 5. The molecule has 0 aliphatic rings. The standard InChI is InChI=1S/C12H10Cl2N4O2/c1-6-4-8(14)9(5-7(6)13)16-12-10(18(19)20)2-3-11(15)17-12/h2-5H,1H3,(H3,15,16,17). The average molecular weight is 313 g/mol. The molecule has 0 atom stereocenters. The highest BCUT2D eigenvalue weighted by atomic mass is 35.5. The number of pyridine rings is 1. The molecule has 2 aromatic rings. The zero-order valence-electron chi connectivity index (χ0n) is 10.4. The minimum atomic E-state index is -0.557. The zero-order valence-corrected chi connectivity index (χ0v) is 11.9. The van der Waals surface area contributed by atoms with Crippen LogP contribution in [0.25, 0.3) is 0 Å². The Morgan fingerprint density at radius 1 is 1.30 bits per heavy atom. The fraction of sp³-hybridized carbons (Fsp3) is 0.0833. The van der Waals surface area contributed by atoms with Crippen molar-refractivity contribution in [1.82, 2.24) is 4.98 Å². The van der Waals surface area contributed by atoms with Crippen molar-refractivity contribution < 1.29 is 4.92 Å². The Morgan fingerprint density at radius 2 is 2.00 bits per heavy atom. The van der Waals surface area contributed by atoms with Gasteiger partial charge in [-0.3, -0.25) is 10.1 Å². The second-order valence-electron chi connectivity index (χ2n) is 4.07. The fourth-order valence-corrected chi connectivity index (χ4v) is 2.00. The van der Waals surface area contributed by atoms with Crippen molar-refractivity contribution in [2.75, 3.05) is 11.1 Å². The number of rotatable bonds is 3. The van der Waals surface area contributed by atoms with E-state index in [0.29, 0.717) is 15.7 Å². The minimum absolute atomic E-state index is 0.0109. The number of aryl methyl sites for hydroxylation is 1. The van der Waals surface area contributed by atoms with Crippen molar-refractivity contribution in [3.05, 3.63) is 50.0 Å². The number of aromatic nitrogens is 1. The second-order valence-corrected chi connectivity index (χ2v) is 4.88. The summed E-state index contributed by atoms with van der Waals surface area (Å²) in [6.07, 6.45) is 0. The molecule has 0 radical (unpaired) electrons. The van der Waals surface area contributed by atoms with Gasteiger partial charge in [0.05, 0.1) is 15.6 Å². The Bertz CT molecular complexity index is 691. The minimum Gasteiger partial charge on any atom is -0.384 e. The highest BCUT2D eigenvalue weighted by molar-refractivity contribution is 6.35. The number of hydrogen-bond donors (Lipinski definition) is 2. The topological polar surface area (TPSA) is 94.1 Å². The van der Waals surface area contributed by atoms with E-state index in [1.807, 2.05) is 0 Å². The molecular weight excluding hydrogens is 303 g/mol. The van der Waals surface area contributed by atoms with Crippen LogP contribution >= 0.6 is 23.2 Å². The predicted molar refractivity (Wildman–Crippen MR) is 79.8 cm³/mol. The van der Waals surface area contributed by atoms with E-state index in [2.05, 4.69) is 10.3 Å². The van der Waals surface area contributed by atoms with Crippen molar-refractivity contribution in [1.29, 1.82) is 0 Å². The number of benzene rings is 1. The summed E-state index contributed by atoms with van der Waals surface area (Å²) < 4.78 is 0. The van der Waals surface area contributed by atoms with Gasteiger partial charge in [0.2, 0.25) is 5.82 Å². The van der Waals surface area contributed by atoms with Crippen LogP contribution in [0.4, 0.5) is 23.0 Å². The average Bonchev–Trinajstić information content (AvgIpc) is 2.35. The summed E-state index contributed by atoms with van der Waals surface area (Å²) in [5, 5.41) is 14.6. The molecule has 0 spiro atoms. The number of nitrogens with zero attached hydrogens (tertiary/aromatic N) is 2. The third kappa shape index (κ3) is 2.92. The summed E-state index contributed by atoms with van der Waals surface area (Å²) in [5.41, 5.74) is 6.56. The molecule has 0 saturated heterocycles. The predicted octanol–water partition coefficient (Wildman–Crippen LogP) is 3.93. The lowest BCUT2D eigenvalue weighted by Gasteiger charge is -2.10. The van der Waals surface area contributed by atoms with Crippen molar-refractivity contribution in [3.63, 3.8) is 0 Å². The highest BCUT2D eigenvalue weighted by Crippen LogP contribution is 2.33. The number of halogens is 2. The Morgan fingerprint density at radius 3 is 2.65 bits per heavy atom. The third-order valence-corrected chi connectivity index (χ3v) is 3.31. The molecule has 0 aliphatic heterocycles. The van der Waals surface area contributed by atoms with Gasteiger partial charge >= 0.3 is 5.69 Å². The molecule has 0 unspecified atom stereocenters. The molecule has 8 heteroatoms. The fourth-order valence-electron chi connectivity index (χ4n) is 1.58. The van der Waals surface area contributed by atoms with Crippen LogP contribution in [0.1, 0.15) is 5.56 Å². The summed E-state index contributed by atoms with van der Waals surface area (Å²) in [6, 6.07) is 5.86. The van der Waals surface area contributed by atoms with E-state index in [0.717, 1.165) is 5.56 Å². The maximum absolute atomic E-state index is 11.0. The van der Waals surface area contributed by atoms with E-state index in [1.165, 1.54) is 12.1 Å². The molecule has 20 heavy (non-hydrogen) atoms. The lowest BCUT2D eigenvalue weighted by atomic mass is 10.2. The van der Waals surface area contributed by atoms with Crippen molar-refractivity contribution in [2.24, 2.45) is 0 Å². The first-order valence-electron chi connectivity index (χ1n) is 5.52. The lowest BCUT2D eigenvalue weighted by Crippen LogP contribution is -2.02. The molecule has 1 aromatic carbocycles. The highest BCUT2D eigenvalue weighted by Gasteiger charge is 2.17. The van der Waals surface area contributed by atoms with Gasteiger partial charge in [0.15, 0.2) is 0 Å². The van der Waals surface area contributed by atoms with Gasteiger partial charge in [-0.15, -0.1) is 0 Å². The first kappa shape index (κ1) is 14.4. The Hall–Kier alpha value is -2.05. The molecule has 2 rings (SSSR count). The van der Waals surface area contributed by atoms with Gasteiger partial charge in [-0.1, -0.05) is 23.2 Å². The molecule has 0 fully saturated rings. The Kier molecular flexibility index (Phi) is 3.96. The lowest BCUT2D eigenvalue weighted by molar-refractivity contribution is -0.384. The van der Waals surface area contributed by atoms with Gasteiger partial charge in [-0.2, -0.15) is 0 Å². The summed E-state index contributed by atoms with van der Waals surface area (Å²) >= 11 is 12.1. The van der Waals surface area contributed by atoms with Crippen LogP contribution in [0.3, 0.4) is 0 Å². The van der Waals surface area contributed by atoms with E-state index >= 15 is 0 Å². The van der Waals surface area contributed by atoms with Gasteiger partial charge in [0.1, 0.15) is 5.82 Å². The van der Waals surface area contributed by atoms with Crippen LogP contribution in [0.2, 0.25) is 10.0 Å². The van der Waals surface area contributed by atoms with Crippen LogP contribution in [0, 0.1) is 17.0 Å². The van der Waals surface area contributed by atoms with E-state index in [1.54, 1.807) is 19.1 Å². The van der Waals surface area contributed by atoms with Crippen LogP contribution in [-0.4, -0.2) is 9.91 Å². The number of nitrogen functional groups attached to an aromatic ring is 1. The number of nitrogens with two attached hydrogens (primary N) is 1. The molecule has 0 amide bonds. The number of nitrogens with one attached hydrogen (secondary N) is 1. The van der Waals surface area contributed by atoms with Crippen LogP contribution in [-0.2, 0) is 0 Å². The number of nitro groups is 1. The van der Waals surface area contributed by atoms with Crippen LogP contribution in [0.5, 0.6) is 0 Å². The molecular formula is C12H10Cl2N4O2. The first-order valence-corrected chi connectivity index (χ1v) is 6.27. The van der Waals surface area contributed by atoms with Crippen molar-refractivity contribution in [3.8, 4) is 0 Å². The van der Waals surface area contributed by atoms with Gasteiger partial charge < -0.3 is 11.1 Å². The molecule has 0 bridgehead atoms. The smallest absolute Gasteiger partial charge is 0.311 e. The summed E-state index contributed by atoms with van der Waals surface area (Å²) in [5.74, 6) is 0.171. The van der Waals surface area contributed by atoms with Gasteiger partial charge in [0.25, 0.3) is 0 Å². The maximum atomic E-state index is 11.0. The maximum Gasteiger partial charge on any atom is 0.311 e. The Balaban J connectivity index is 2.47. The molecule has 0 aliphatic carbocycles. The van der Waals surface area contributed by atoms with Crippen molar-refractivity contribution in [2.45, 2.75) is 6.92 Å². The molecule has 1 aromatic heterocycles. The summed E-state index contributed by atoms with van der Waals surface area (Å²) in [6.45, 7) is 1.80. The third-order valence-electron chi connectivity index (χ3n) is 2.59. The van der Waals surface area contributed by atoms with E-state index in [9.17, 15) is 10.1 Å². The van der Waals surface area contributed by atoms with E-state index < -0.39 is 4.92 Å². The number of anilines is 3. The normalized spacial score (nSPS) is 10.3. The molecule has 6 nitrogen and oxygen atoms in total. The van der Waals surface area contributed by atoms with E-state index in [-0.39, 0.29) is 17.3 Å². The second kappa shape index (κ2) is 5.52. The van der Waals surface area contributed by atoms with Gasteiger partial charge in [-0.05, 0) is 30.7 Å². The first-order chi connectivity index (χ1) is 9.38. The van der Waals surface area contributed by atoms with Crippen LogP contribution < -0.4 is 11.1 Å². The largest absolute Gasteiger partial charge is 0.384 e. The van der Waals surface area contributed by atoms with E-state index in [4.69, 9.17) is 28.9 Å². The van der Waals surface area contributed by atoms with Crippen molar-refractivity contribution >= 4 is 46.2 Å². The summed E-state index contributed by atoms with van der Waals surface area (Å²) in [4.78, 5) is 14.3. The Labute approximate surface area is 124 Å². The molecule has 0 saturated carbocycles. The molecule has 104 valence electrons. The zero-order chi connectivity index (χ0) is 14.9. The van der Waals surface area contributed by atoms with Gasteiger partial charge in [-0.25, -0.2) is 4.98 Å².